The summed E-state index contributed by atoms with van der Waals surface area (Å²) in [5.74, 6) is 0. The minimum atomic E-state index is -1.30. The molecule has 0 spiro atoms. The maximum absolute atomic E-state index is 8.68. The molecular formula is C7H16O4. The number of aliphatic hydroxyl groups is 3. The molecule has 0 heterocycles. The van der Waals surface area contributed by atoms with E-state index in [1.54, 1.807) is 0 Å². The molecule has 1 atom stereocenters. The summed E-state index contributed by atoms with van der Waals surface area (Å²) in [7, 11) is 0. The fourth-order valence-corrected chi connectivity index (χ4v) is 0.798. The Morgan fingerprint density at radius 3 is 2.27 bits per heavy atom. The first-order chi connectivity index (χ1) is 5.20. The van der Waals surface area contributed by atoms with Gasteiger partial charge in [-0.2, -0.15) is 0 Å². The molecule has 0 aromatic rings. The van der Waals surface area contributed by atoms with Crippen LogP contribution >= 0.6 is 0 Å². The first kappa shape index (κ1) is 10.8. The van der Waals surface area contributed by atoms with Crippen LogP contribution in [0.1, 0.15) is 19.8 Å². The highest BCUT2D eigenvalue weighted by Crippen LogP contribution is 2.03. The molecule has 0 saturated heterocycles. The van der Waals surface area contributed by atoms with Gasteiger partial charge in [0, 0.05) is 13.0 Å². The van der Waals surface area contributed by atoms with Gasteiger partial charge in [0.2, 0.25) is 0 Å². The molecule has 0 aliphatic heterocycles. The van der Waals surface area contributed by atoms with Crippen LogP contribution in [0.3, 0.4) is 0 Å². The Kier molecular flexibility index (Phi) is 6.45. The summed E-state index contributed by atoms with van der Waals surface area (Å²) in [4.78, 5) is 0. The van der Waals surface area contributed by atoms with Gasteiger partial charge in [0.05, 0.1) is 12.7 Å². The van der Waals surface area contributed by atoms with Crippen molar-refractivity contribution in [1.82, 2.24) is 0 Å². The van der Waals surface area contributed by atoms with Crippen LogP contribution in [0.2, 0.25) is 0 Å². The van der Waals surface area contributed by atoms with Gasteiger partial charge in [-0.15, -0.1) is 0 Å². The van der Waals surface area contributed by atoms with Crippen molar-refractivity contribution < 1.29 is 20.1 Å². The van der Waals surface area contributed by atoms with Crippen molar-refractivity contribution in [3.8, 4) is 0 Å². The topological polar surface area (TPSA) is 69.9 Å². The standard InChI is InChI=1S/C7H16O4/c1-2-11-6(5-8)3-4-7(9)10/h6-10H,2-5H2,1H3. The van der Waals surface area contributed by atoms with Gasteiger partial charge in [-0.1, -0.05) is 0 Å². The van der Waals surface area contributed by atoms with Crippen molar-refractivity contribution in [2.24, 2.45) is 0 Å². The molecule has 0 aliphatic rings. The van der Waals surface area contributed by atoms with E-state index in [0.717, 1.165) is 0 Å². The lowest BCUT2D eigenvalue weighted by Crippen LogP contribution is -2.20. The van der Waals surface area contributed by atoms with E-state index in [-0.39, 0.29) is 19.1 Å². The molecule has 0 aliphatic carbocycles. The van der Waals surface area contributed by atoms with Crippen molar-refractivity contribution in [2.75, 3.05) is 13.2 Å². The van der Waals surface area contributed by atoms with Crippen LogP contribution in [0, 0.1) is 0 Å². The Morgan fingerprint density at radius 1 is 1.27 bits per heavy atom. The van der Waals surface area contributed by atoms with Crippen LogP contribution in [0.5, 0.6) is 0 Å². The van der Waals surface area contributed by atoms with Crippen LogP contribution < -0.4 is 0 Å². The molecule has 68 valence electrons. The van der Waals surface area contributed by atoms with Gasteiger partial charge in [-0.05, 0) is 13.3 Å². The zero-order valence-corrected chi connectivity index (χ0v) is 6.73. The van der Waals surface area contributed by atoms with E-state index in [9.17, 15) is 0 Å². The molecule has 0 bridgehead atoms. The van der Waals surface area contributed by atoms with E-state index in [1.165, 1.54) is 0 Å². The van der Waals surface area contributed by atoms with Gasteiger partial charge >= 0.3 is 0 Å². The van der Waals surface area contributed by atoms with E-state index in [0.29, 0.717) is 13.0 Å². The average Bonchev–Trinajstić information content (AvgIpc) is 1.97. The minimum Gasteiger partial charge on any atom is -0.394 e. The summed E-state index contributed by atoms with van der Waals surface area (Å²) in [6.07, 6.45) is -0.848. The Labute approximate surface area is 66.4 Å². The van der Waals surface area contributed by atoms with Crippen LogP contribution in [0.25, 0.3) is 0 Å². The Morgan fingerprint density at radius 2 is 1.91 bits per heavy atom. The molecule has 0 fully saturated rings. The molecule has 4 nitrogen and oxygen atoms in total. The van der Waals surface area contributed by atoms with Gasteiger partial charge in [-0.25, -0.2) is 0 Å². The second kappa shape index (κ2) is 6.54. The molecule has 0 amide bonds. The molecule has 0 aromatic carbocycles. The normalized spacial score (nSPS) is 13.9. The Balaban J connectivity index is 3.35. The van der Waals surface area contributed by atoms with Crippen LogP contribution in [0.4, 0.5) is 0 Å². The number of aliphatic hydroxyl groups excluding tert-OH is 2. The quantitative estimate of drug-likeness (QED) is 0.462. The summed E-state index contributed by atoms with van der Waals surface area (Å²) in [5.41, 5.74) is 0. The van der Waals surface area contributed by atoms with Gasteiger partial charge < -0.3 is 20.1 Å². The zero-order valence-electron chi connectivity index (χ0n) is 6.73. The Hall–Kier alpha value is -0.160. The van der Waals surface area contributed by atoms with Crippen molar-refractivity contribution in [3.63, 3.8) is 0 Å². The molecule has 3 N–H and O–H groups in total. The zero-order chi connectivity index (χ0) is 8.69. The van der Waals surface area contributed by atoms with E-state index >= 15 is 0 Å². The third kappa shape index (κ3) is 6.25. The fraction of sp³-hybridized carbons (Fsp3) is 1.00. The lowest BCUT2D eigenvalue weighted by atomic mass is 10.2. The predicted molar refractivity (Wildman–Crippen MR) is 40.0 cm³/mol. The van der Waals surface area contributed by atoms with E-state index in [4.69, 9.17) is 20.1 Å². The highest BCUT2D eigenvalue weighted by Gasteiger charge is 2.08. The highest BCUT2D eigenvalue weighted by molar-refractivity contribution is 4.55. The Bertz CT molecular complexity index is 84.5. The van der Waals surface area contributed by atoms with Crippen molar-refractivity contribution in [2.45, 2.75) is 32.2 Å². The van der Waals surface area contributed by atoms with Gasteiger partial charge in [0.15, 0.2) is 6.29 Å². The van der Waals surface area contributed by atoms with Crippen molar-refractivity contribution in [3.05, 3.63) is 0 Å². The molecule has 0 aromatic heterocycles. The molecular weight excluding hydrogens is 148 g/mol. The molecule has 1 unspecified atom stereocenters. The SMILES string of the molecule is CCOC(CO)CCC(O)O. The first-order valence-electron chi connectivity index (χ1n) is 3.79. The number of rotatable bonds is 6. The van der Waals surface area contributed by atoms with Crippen molar-refractivity contribution >= 4 is 0 Å². The fourth-order valence-electron chi connectivity index (χ4n) is 0.798. The summed E-state index contributed by atoms with van der Waals surface area (Å²) >= 11 is 0. The molecule has 4 heteroatoms. The maximum atomic E-state index is 8.68. The second-order valence-corrected chi connectivity index (χ2v) is 2.32. The van der Waals surface area contributed by atoms with E-state index < -0.39 is 6.29 Å². The molecule has 0 saturated carbocycles. The van der Waals surface area contributed by atoms with Crippen LogP contribution in [0.15, 0.2) is 0 Å². The number of hydrogen-bond acceptors (Lipinski definition) is 4. The lowest BCUT2D eigenvalue weighted by molar-refractivity contribution is -0.0629. The average molecular weight is 164 g/mol. The number of hydrogen-bond donors (Lipinski definition) is 3. The van der Waals surface area contributed by atoms with Gasteiger partial charge in [-0.3, -0.25) is 0 Å². The predicted octanol–water partition coefficient (Wildman–Crippen LogP) is -0.525. The molecule has 0 radical (unpaired) electrons. The monoisotopic (exact) mass is 164 g/mol. The van der Waals surface area contributed by atoms with Crippen LogP contribution in [-0.2, 0) is 4.74 Å². The van der Waals surface area contributed by atoms with E-state index in [1.807, 2.05) is 6.92 Å². The molecule has 11 heavy (non-hydrogen) atoms. The summed E-state index contributed by atoms with van der Waals surface area (Å²) in [6.45, 7) is 2.30. The first-order valence-corrected chi connectivity index (χ1v) is 3.79. The summed E-state index contributed by atoms with van der Waals surface area (Å²) < 4.78 is 5.07. The van der Waals surface area contributed by atoms with Gasteiger partial charge in [0.1, 0.15) is 0 Å². The molecule has 0 rings (SSSR count). The largest absolute Gasteiger partial charge is 0.394 e. The second-order valence-electron chi connectivity index (χ2n) is 2.32. The van der Waals surface area contributed by atoms with Crippen LogP contribution in [-0.4, -0.2) is 40.9 Å². The highest BCUT2D eigenvalue weighted by atomic mass is 16.5. The smallest absolute Gasteiger partial charge is 0.151 e. The lowest BCUT2D eigenvalue weighted by Gasteiger charge is -2.14. The minimum absolute atomic E-state index is 0.0689. The van der Waals surface area contributed by atoms with Crippen molar-refractivity contribution in [1.29, 1.82) is 0 Å². The number of ether oxygens (including phenoxy) is 1. The maximum Gasteiger partial charge on any atom is 0.151 e. The summed E-state index contributed by atoms with van der Waals surface area (Å²) in [5, 5.41) is 25.6. The third-order valence-electron chi connectivity index (χ3n) is 1.35. The third-order valence-corrected chi connectivity index (χ3v) is 1.35. The van der Waals surface area contributed by atoms with E-state index in [2.05, 4.69) is 0 Å². The summed E-state index contributed by atoms with van der Waals surface area (Å²) in [6, 6.07) is 0. The van der Waals surface area contributed by atoms with Gasteiger partial charge in [0.25, 0.3) is 0 Å².